The van der Waals surface area contributed by atoms with E-state index >= 15 is 0 Å². The fourth-order valence-electron chi connectivity index (χ4n) is 3.17. The van der Waals surface area contributed by atoms with Crippen LogP contribution in [0.2, 0.25) is 0 Å². The Hall–Kier alpha value is -2.20. The van der Waals surface area contributed by atoms with Crippen LogP contribution in [0, 0.1) is 11.7 Å². The molecule has 0 saturated carbocycles. The van der Waals surface area contributed by atoms with Gasteiger partial charge in [0.05, 0.1) is 0 Å². The molecule has 0 aromatic heterocycles. The quantitative estimate of drug-likeness (QED) is 0.675. The first-order valence-corrected chi connectivity index (χ1v) is 7.46. The molecule has 1 amide bonds. The number of rotatable bonds is 3. The zero-order valence-electron chi connectivity index (χ0n) is 12.2. The minimum Gasteiger partial charge on any atom is -0.288 e. The van der Waals surface area contributed by atoms with E-state index in [1.807, 2.05) is 24.3 Å². The van der Waals surface area contributed by atoms with Crippen LogP contribution in [-0.2, 0) is 19.3 Å². The lowest BCUT2D eigenvalue weighted by molar-refractivity contribution is 0.0706. The van der Waals surface area contributed by atoms with Crippen LogP contribution in [0.15, 0.2) is 42.5 Å². The molecule has 3 rings (SSSR count). The molecule has 1 atom stereocenters. The third-order valence-electron chi connectivity index (χ3n) is 4.34. The highest BCUT2D eigenvalue weighted by atomic mass is 19.1. The number of halogens is 1. The maximum atomic E-state index is 13.0. The molecule has 1 aliphatic rings. The van der Waals surface area contributed by atoms with Gasteiger partial charge in [-0.05, 0) is 72.6 Å². The van der Waals surface area contributed by atoms with E-state index in [-0.39, 0.29) is 5.82 Å². The van der Waals surface area contributed by atoms with Crippen molar-refractivity contribution in [3.8, 4) is 0 Å². The van der Waals surface area contributed by atoms with Crippen LogP contribution < -0.4 is 5.48 Å². The molecule has 0 heterocycles. The molecule has 114 valence electrons. The topological polar surface area (TPSA) is 49.3 Å². The highest BCUT2D eigenvalue weighted by Crippen LogP contribution is 2.28. The molecule has 22 heavy (non-hydrogen) atoms. The van der Waals surface area contributed by atoms with Gasteiger partial charge in [0.15, 0.2) is 0 Å². The van der Waals surface area contributed by atoms with E-state index in [2.05, 4.69) is 0 Å². The number of fused-ring (bicyclic) bond motifs is 1. The number of hydroxylamine groups is 1. The Morgan fingerprint density at radius 3 is 2.68 bits per heavy atom. The summed E-state index contributed by atoms with van der Waals surface area (Å²) in [6, 6.07) is 12.2. The number of hydrogen-bond donors (Lipinski definition) is 2. The average molecular weight is 299 g/mol. The number of benzene rings is 2. The summed E-state index contributed by atoms with van der Waals surface area (Å²) in [6.07, 6.45) is 3.90. The summed E-state index contributed by atoms with van der Waals surface area (Å²) < 4.78 is 13.0. The summed E-state index contributed by atoms with van der Waals surface area (Å²) in [7, 11) is 0. The van der Waals surface area contributed by atoms with E-state index in [0.29, 0.717) is 11.5 Å². The van der Waals surface area contributed by atoms with Gasteiger partial charge < -0.3 is 0 Å². The van der Waals surface area contributed by atoms with Crippen molar-refractivity contribution in [1.29, 1.82) is 0 Å². The fourth-order valence-corrected chi connectivity index (χ4v) is 3.17. The third kappa shape index (κ3) is 3.17. The maximum Gasteiger partial charge on any atom is 0.274 e. The standard InChI is InChI=1S/C18H18FNO2/c19-17-7-2-12(3-8-17)9-13-1-4-14-5-6-15(18(21)20-22)11-16(14)10-13/h2-3,5-8,11,13,22H,1,4,9-10H2,(H,20,21). The normalized spacial score (nSPS) is 16.9. The van der Waals surface area contributed by atoms with E-state index in [1.165, 1.54) is 23.3 Å². The van der Waals surface area contributed by atoms with Crippen LogP contribution in [0.1, 0.15) is 33.5 Å². The van der Waals surface area contributed by atoms with Crippen molar-refractivity contribution in [3.05, 3.63) is 70.5 Å². The van der Waals surface area contributed by atoms with E-state index < -0.39 is 5.91 Å². The van der Waals surface area contributed by atoms with Crippen molar-refractivity contribution >= 4 is 5.91 Å². The molecule has 1 aliphatic carbocycles. The maximum absolute atomic E-state index is 13.0. The minimum atomic E-state index is -0.483. The number of nitrogens with one attached hydrogen (secondary N) is 1. The van der Waals surface area contributed by atoms with Crippen molar-refractivity contribution < 1.29 is 14.4 Å². The molecule has 0 radical (unpaired) electrons. The van der Waals surface area contributed by atoms with E-state index in [1.54, 1.807) is 11.5 Å². The van der Waals surface area contributed by atoms with E-state index in [4.69, 9.17) is 5.21 Å². The molecule has 0 saturated heterocycles. The first-order chi connectivity index (χ1) is 10.7. The number of hydrogen-bond acceptors (Lipinski definition) is 2. The molecule has 2 aromatic carbocycles. The lowest BCUT2D eigenvalue weighted by Crippen LogP contribution is -2.21. The van der Waals surface area contributed by atoms with Gasteiger partial charge in [0, 0.05) is 5.56 Å². The highest BCUT2D eigenvalue weighted by molar-refractivity contribution is 5.93. The zero-order chi connectivity index (χ0) is 15.5. The van der Waals surface area contributed by atoms with Crippen LogP contribution in [0.4, 0.5) is 4.39 Å². The Morgan fingerprint density at radius 1 is 1.18 bits per heavy atom. The van der Waals surface area contributed by atoms with Crippen LogP contribution in [0.25, 0.3) is 0 Å². The third-order valence-corrected chi connectivity index (χ3v) is 4.34. The number of carbonyl (C=O) groups excluding carboxylic acids is 1. The second kappa shape index (κ2) is 6.28. The second-order valence-corrected chi connectivity index (χ2v) is 5.86. The molecule has 0 aliphatic heterocycles. The second-order valence-electron chi connectivity index (χ2n) is 5.86. The predicted molar refractivity (Wildman–Crippen MR) is 81.3 cm³/mol. The lowest BCUT2D eigenvalue weighted by Gasteiger charge is -2.25. The molecule has 0 spiro atoms. The van der Waals surface area contributed by atoms with Gasteiger partial charge >= 0.3 is 0 Å². The van der Waals surface area contributed by atoms with Crippen LogP contribution >= 0.6 is 0 Å². The molecule has 2 N–H and O–H groups in total. The van der Waals surface area contributed by atoms with Crippen molar-refractivity contribution in [2.75, 3.05) is 0 Å². The molecule has 4 heteroatoms. The lowest BCUT2D eigenvalue weighted by atomic mass is 9.80. The van der Waals surface area contributed by atoms with Crippen molar-refractivity contribution in [2.45, 2.75) is 25.7 Å². The van der Waals surface area contributed by atoms with Crippen molar-refractivity contribution in [1.82, 2.24) is 5.48 Å². The van der Waals surface area contributed by atoms with Gasteiger partial charge in [-0.15, -0.1) is 0 Å². The molecule has 2 aromatic rings. The molecule has 0 bridgehead atoms. The zero-order valence-corrected chi connectivity index (χ0v) is 12.2. The highest BCUT2D eigenvalue weighted by Gasteiger charge is 2.20. The number of amides is 1. The van der Waals surface area contributed by atoms with E-state index in [0.717, 1.165) is 31.2 Å². The SMILES string of the molecule is O=C(NO)c1ccc2c(c1)CC(Cc1ccc(F)cc1)CC2. The average Bonchev–Trinajstić information content (AvgIpc) is 2.55. The van der Waals surface area contributed by atoms with Gasteiger partial charge in [-0.3, -0.25) is 10.0 Å². The van der Waals surface area contributed by atoms with E-state index in [9.17, 15) is 9.18 Å². The van der Waals surface area contributed by atoms with Crippen LogP contribution in [0.3, 0.4) is 0 Å². The van der Waals surface area contributed by atoms with Gasteiger partial charge in [-0.25, -0.2) is 9.87 Å². The summed E-state index contributed by atoms with van der Waals surface area (Å²) in [4.78, 5) is 11.5. The Morgan fingerprint density at radius 2 is 1.95 bits per heavy atom. The Balaban J connectivity index is 1.74. The first-order valence-electron chi connectivity index (χ1n) is 7.46. The fraction of sp³-hybridized carbons (Fsp3) is 0.278. The summed E-state index contributed by atoms with van der Waals surface area (Å²) >= 11 is 0. The Kier molecular flexibility index (Phi) is 4.20. The summed E-state index contributed by atoms with van der Waals surface area (Å²) in [5.41, 5.74) is 5.72. The molecular formula is C18H18FNO2. The summed E-state index contributed by atoms with van der Waals surface area (Å²) in [5.74, 6) is -0.203. The molecule has 1 unspecified atom stereocenters. The van der Waals surface area contributed by atoms with Crippen molar-refractivity contribution in [2.24, 2.45) is 5.92 Å². The summed E-state index contributed by atoms with van der Waals surface area (Å²) in [5, 5.41) is 8.73. The number of carbonyl (C=O) groups is 1. The molecule has 3 nitrogen and oxygen atoms in total. The Labute approximate surface area is 128 Å². The smallest absolute Gasteiger partial charge is 0.274 e. The first kappa shape index (κ1) is 14.7. The van der Waals surface area contributed by atoms with Gasteiger partial charge in [-0.2, -0.15) is 0 Å². The van der Waals surface area contributed by atoms with Crippen LogP contribution in [0.5, 0.6) is 0 Å². The van der Waals surface area contributed by atoms with Crippen molar-refractivity contribution in [3.63, 3.8) is 0 Å². The van der Waals surface area contributed by atoms with Crippen LogP contribution in [-0.4, -0.2) is 11.1 Å². The minimum absolute atomic E-state index is 0.211. The predicted octanol–water partition coefficient (Wildman–Crippen LogP) is 3.29. The van der Waals surface area contributed by atoms with Gasteiger partial charge in [0.2, 0.25) is 0 Å². The van der Waals surface area contributed by atoms with Gasteiger partial charge in [0.25, 0.3) is 5.91 Å². The van der Waals surface area contributed by atoms with Gasteiger partial charge in [-0.1, -0.05) is 18.2 Å². The largest absolute Gasteiger partial charge is 0.288 e. The number of aryl methyl sites for hydroxylation is 1. The summed E-state index contributed by atoms with van der Waals surface area (Å²) in [6.45, 7) is 0. The molecule has 0 fully saturated rings. The monoisotopic (exact) mass is 299 g/mol. The molecular weight excluding hydrogens is 281 g/mol. The Bertz CT molecular complexity index is 682. The van der Waals surface area contributed by atoms with Gasteiger partial charge in [0.1, 0.15) is 5.82 Å².